The molecule has 0 unspecified atom stereocenters. The first-order valence-electron chi connectivity index (χ1n) is 7.44. The van der Waals surface area contributed by atoms with Crippen LogP contribution in [0.15, 0.2) is 30.6 Å². The summed E-state index contributed by atoms with van der Waals surface area (Å²) in [4.78, 5) is 32.8. The van der Waals surface area contributed by atoms with Crippen LogP contribution in [0.3, 0.4) is 0 Å². The summed E-state index contributed by atoms with van der Waals surface area (Å²) in [7, 11) is 0. The van der Waals surface area contributed by atoms with Gasteiger partial charge in [0.15, 0.2) is 0 Å². The number of nitro benzene ring substituents is 1. The maximum atomic E-state index is 12.4. The Labute approximate surface area is 147 Å². The number of aromatic nitrogens is 2. The smallest absolute Gasteiger partial charge is 0.289 e. The summed E-state index contributed by atoms with van der Waals surface area (Å²) in [5, 5.41) is 13.5. The predicted octanol–water partition coefficient (Wildman–Crippen LogP) is 2.13. The molecule has 1 aliphatic heterocycles. The zero-order chi connectivity index (χ0) is 17.8. The van der Waals surface area contributed by atoms with Crippen LogP contribution in [0.4, 0.5) is 17.2 Å². The number of hydrogen-bond donors (Lipinski definition) is 1. The van der Waals surface area contributed by atoms with Gasteiger partial charge in [-0.25, -0.2) is 9.97 Å². The molecule has 130 valence electrons. The Morgan fingerprint density at radius 1 is 1.28 bits per heavy atom. The van der Waals surface area contributed by atoms with E-state index in [4.69, 9.17) is 16.3 Å². The monoisotopic (exact) mass is 363 g/mol. The summed E-state index contributed by atoms with van der Waals surface area (Å²) in [6.07, 6.45) is 1.31. The SMILES string of the molecule is O=C(Nc1ccc(Cl)c([N+](=O)[O-])c1)c1cc(N2CCOCC2)ncn1. The number of morpholine rings is 1. The molecular weight excluding hydrogens is 350 g/mol. The fraction of sp³-hybridized carbons (Fsp3) is 0.267. The lowest BCUT2D eigenvalue weighted by Gasteiger charge is -2.27. The number of ether oxygens (including phenoxy) is 1. The highest BCUT2D eigenvalue weighted by atomic mass is 35.5. The highest BCUT2D eigenvalue weighted by Crippen LogP contribution is 2.27. The molecule has 0 spiro atoms. The van der Waals surface area contributed by atoms with E-state index in [2.05, 4.69) is 15.3 Å². The van der Waals surface area contributed by atoms with Crippen molar-refractivity contribution in [2.24, 2.45) is 0 Å². The third kappa shape index (κ3) is 4.01. The van der Waals surface area contributed by atoms with Gasteiger partial charge in [0.1, 0.15) is 22.9 Å². The molecule has 1 aliphatic rings. The lowest BCUT2D eigenvalue weighted by atomic mass is 10.2. The van der Waals surface area contributed by atoms with Crippen molar-refractivity contribution in [1.82, 2.24) is 9.97 Å². The van der Waals surface area contributed by atoms with Gasteiger partial charge in [0.2, 0.25) is 0 Å². The molecule has 2 heterocycles. The molecule has 9 nitrogen and oxygen atoms in total. The second-order valence-electron chi connectivity index (χ2n) is 5.24. The number of amides is 1. The van der Waals surface area contributed by atoms with Crippen LogP contribution in [0.25, 0.3) is 0 Å². The van der Waals surface area contributed by atoms with Gasteiger partial charge in [-0.3, -0.25) is 14.9 Å². The number of nitrogens with zero attached hydrogens (tertiary/aromatic N) is 4. The summed E-state index contributed by atoms with van der Waals surface area (Å²) in [6, 6.07) is 5.61. The molecule has 1 fully saturated rings. The van der Waals surface area contributed by atoms with E-state index in [0.29, 0.717) is 32.1 Å². The molecule has 0 atom stereocenters. The first kappa shape index (κ1) is 17.1. The Morgan fingerprint density at radius 3 is 2.76 bits per heavy atom. The van der Waals surface area contributed by atoms with Crippen molar-refractivity contribution in [3.8, 4) is 0 Å². The predicted molar refractivity (Wildman–Crippen MR) is 91.1 cm³/mol. The van der Waals surface area contributed by atoms with Crippen LogP contribution in [-0.4, -0.2) is 47.1 Å². The highest BCUT2D eigenvalue weighted by Gasteiger charge is 2.17. The molecule has 25 heavy (non-hydrogen) atoms. The standard InChI is InChI=1S/C15H14ClN5O4/c16-11-2-1-10(7-13(11)21(23)24)19-15(22)12-8-14(18-9-17-12)20-3-5-25-6-4-20/h1-2,7-9H,3-6H2,(H,19,22). The molecule has 2 aromatic rings. The van der Waals surface area contributed by atoms with Gasteiger partial charge in [0.05, 0.1) is 18.1 Å². The van der Waals surface area contributed by atoms with Gasteiger partial charge in [0, 0.05) is 30.9 Å². The van der Waals surface area contributed by atoms with Crippen LogP contribution in [0.5, 0.6) is 0 Å². The molecule has 0 radical (unpaired) electrons. The van der Waals surface area contributed by atoms with Crippen molar-refractivity contribution in [2.75, 3.05) is 36.5 Å². The number of benzene rings is 1. The third-order valence-corrected chi connectivity index (χ3v) is 3.94. The van der Waals surface area contributed by atoms with Gasteiger partial charge in [-0.2, -0.15) is 0 Å². The molecule has 1 N–H and O–H groups in total. The van der Waals surface area contributed by atoms with Gasteiger partial charge in [-0.05, 0) is 12.1 Å². The van der Waals surface area contributed by atoms with E-state index in [0.717, 1.165) is 0 Å². The van der Waals surface area contributed by atoms with E-state index in [9.17, 15) is 14.9 Å². The zero-order valence-electron chi connectivity index (χ0n) is 13.0. The largest absolute Gasteiger partial charge is 0.378 e. The minimum Gasteiger partial charge on any atom is -0.378 e. The van der Waals surface area contributed by atoms with Crippen LogP contribution in [0.2, 0.25) is 5.02 Å². The second kappa shape index (κ2) is 7.41. The average Bonchev–Trinajstić information content (AvgIpc) is 2.64. The molecule has 0 saturated carbocycles. The van der Waals surface area contributed by atoms with E-state index >= 15 is 0 Å². The third-order valence-electron chi connectivity index (χ3n) is 3.62. The maximum absolute atomic E-state index is 12.4. The quantitative estimate of drug-likeness (QED) is 0.654. The number of anilines is 2. The van der Waals surface area contributed by atoms with Crippen molar-refractivity contribution in [2.45, 2.75) is 0 Å². The van der Waals surface area contributed by atoms with Crippen molar-refractivity contribution >= 4 is 34.7 Å². The number of nitrogens with one attached hydrogen (secondary N) is 1. The van der Waals surface area contributed by atoms with Crippen LogP contribution in [0.1, 0.15) is 10.5 Å². The summed E-state index contributed by atoms with van der Waals surface area (Å²) in [5.74, 6) is 0.138. The van der Waals surface area contributed by atoms with E-state index < -0.39 is 10.8 Å². The van der Waals surface area contributed by atoms with Gasteiger partial charge < -0.3 is 15.0 Å². The highest BCUT2D eigenvalue weighted by molar-refractivity contribution is 6.32. The zero-order valence-corrected chi connectivity index (χ0v) is 13.8. The Hall–Kier alpha value is -2.78. The van der Waals surface area contributed by atoms with Crippen LogP contribution in [-0.2, 0) is 4.74 Å². The van der Waals surface area contributed by atoms with Crippen LogP contribution < -0.4 is 10.2 Å². The summed E-state index contributed by atoms with van der Waals surface area (Å²) in [5.41, 5.74) is 0.137. The lowest BCUT2D eigenvalue weighted by molar-refractivity contribution is -0.384. The van der Waals surface area contributed by atoms with Gasteiger partial charge in [-0.1, -0.05) is 11.6 Å². The van der Waals surface area contributed by atoms with Crippen molar-refractivity contribution in [3.05, 3.63) is 51.4 Å². The number of rotatable bonds is 4. The van der Waals surface area contributed by atoms with Crippen LogP contribution >= 0.6 is 11.6 Å². The molecule has 0 aliphatic carbocycles. The molecule has 1 saturated heterocycles. The van der Waals surface area contributed by atoms with E-state index in [-0.39, 0.29) is 22.1 Å². The minimum absolute atomic E-state index is 0.000334. The number of carbonyl (C=O) groups excluding carboxylic acids is 1. The second-order valence-corrected chi connectivity index (χ2v) is 5.65. The van der Waals surface area contributed by atoms with Crippen molar-refractivity contribution < 1.29 is 14.5 Å². The molecule has 1 amide bonds. The topological polar surface area (TPSA) is 110 Å². The van der Waals surface area contributed by atoms with Crippen molar-refractivity contribution in [3.63, 3.8) is 0 Å². The summed E-state index contributed by atoms with van der Waals surface area (Å²) < 4.78 is 5.29. The average molecular weight is 364 g/mol. The summed E-state index contributed by atoms with van der Waals surface area (Å²) >= 11 is 5.76. The Balaban J connectivity index is 1.77. The van der Waals surface area contributed by atoms with Gasteiger partial charge in [-0.15, -0.1) is 0 Å². The Bertz CT molecular complexity index is 810. The molecule has 1 aromatic heterocycles. The molecular formula is C15H14ClN5O4. The van der Waals surface area contributed by atoms with Gasteiger partial charge in [0.25, 0.3) is 11.6 Å². The minimum atomic E-state index is -0.612. The maximum Gasteiger partial charge on any atom is 0.289 e. The van der Waals surface area contributed by atoms with E-state index in [1.165, 1.54) is 24.5 Å². The van der Waals surface area contributed by atoms with E-state index in [1.54, 1.807) is 6.07 Å². The normalized spacial score (nSPS) is 14.2. The molecule has 3 rings (SSSR count). The molecule has 1 aromatic carbocycles. The number of halogens is 1. The Kier molecular flexibility index (Phi) is 5.05. The fourth-order valence-electron chi connectivity index (χ4n) is 2.36. The first-order chi connectivity index (χ1) is 12.0. The molecule has 10 heteroatoms. The number of carbonyl (C=O) groups is 1. The first-order valence-corrected chi connectivity index (χ1v) is 7.82. The van der Waals surface area contributed by atoms with Crippen LogP contribution in [0, 0.1) is 10.1 Å². The fourth-order valence-corrected chi connectivity index (χ4v) is 2.55. The summed E-state index contributed by atoms with van der Waals surface area (Å²) in [6.45, 7) is 2.56. The lowest BCUT2D eigenvalue weighted by Crippen LogP contribution is -2.37. The Morgan fingerprint density at radius 2 is 2.04 bits per heavy atom. The number of hydrogen-bond acceptors (Lipinski definition) is 7. The van der Waals surface area contributed by atoms with Crippen molar-refractivity contribution in [1.29, 1.82) is 0 Å². The van der Waals surface area contributed by atoms with Gasteiger partial charge >= 0.3 is 0 Å². The molecule has 0 bridgehead atoms. The number of nitro groups is 1. The van der Waals surface area contributed by atoms with E-state index in [1.807, 2.05) is 4.90 Å².